The standard InChI is InChI=1S/C68H79NO34/c1-31(70)85-28-48-52(56(90-36(6)75)51(65(97-48)96-44-24-22-43(83-12)23-25-44)69-63(81)45-20-16-17-21-46(45)64(69)82)101-67-62(95-41(11)80)59(103-68-61(94-40(10)79)58(92-38(8)77)54(89-35(5)74)50(100-68)30-87-33(3)72)55(47(98-67)27-84-26-42-18-14-13-15-19-42)102-66-60(93-39(9)78)57(91-37(7)76)53(88-34(4)73)49(99-66)29-86-32(2)71/h13-25,47-62,65-68H,26-30H2,1-12H3. The maximum atomic E-state index is 14.9. The van der Waals surface area contributed by atoms with E-state index < -0.39 is 227 Å². The zero-order valence-corrected chi connectivity index (χ0v) is 57.9. The van der Waals surface area contributed by atoms with Crippen LogP contribution in [0, 0.1) is 0 Å². The second-order valence-corrected chi connectivity index (χ2v) is 23.8. The number of carbonyl (C=O) groups is 13. The second-order valence-electron chi connectivity index (χ2n) is 23.8. The summed E-state index contributed by atoms with van der Waals surface area (Å²) in [6.07, 6.45) is -38.1. The first-order chi connectivity index (χ1) is 48.9. The van der Waals surface area contributed by atoms with Crippen molar-refractivity contribution in [1.29, 1.82) is 0 Å². The van der Waals surface area contributed by atoms with Crippen LogP contribution in [0.4, 0.5) is 0 Å². The molecule has 20 unspecified atom stereocenters. The molecule has 35 heteroatoms. The summed E-state index contributed by atoms with van der Waals surface area (Å²) in [4.78, 5) is 176. The van der Waals surface area contributed by atoms with Crippen molar-refractivity contribution in [3.05, 3.63) is 95.6 Å². The Morgan fingerprint density at radius 3 is 1.06 bits per heavy atom. The molecule has 103 heavy (non-hydrogen) atoms. The third kappa shape index (κ3) is 20.8. The van der Waals surface area contributed by atoms with Gasteiger partial charge in [-0.15, -0.1) is 0 Å². The minimum absolute atomic E-state index is 0.0216. The number of imide groups is 1. The van der Waals surface area contributed by atoms with Crippen LogP contribution in [0.15, 0.2) is 78.9 Å². The van der Waals surface area contributed by atoms with Crippen LogP contribution in [-0.2, 0) is 149 Å². The molecule has 0 N–H and O–H groups in total. The lowest BCUT2D eigenvalue weighted by Crippen LogP contribution is -2.71. The van der Waals surface area contributed by atoms with Gasteiger partial charge >= 0.3 is 65.7 Å². The Morgan fingerprint density at radius 2 is 0.660 bits per heavy atom. The molecule has 8 rings (SSSR count). The molecule has 20 atom stereocenters. The molecule has 0 aromatic heterocycles. The van der Waals surface area contributed by atoms with Gasteiger partial charge in [-0.05, 0) is 42.0 Å². The summed E-state index contributed by atoms with van der Waals surface area (Å²) in [5.74, 6) is -12.9. The van der Waals surface area contributed by atoms with Crippen LogP contribution < -0.4 is 9.47 Å². The van der Waals surface area contributed by atoms with E-state index in [4.69, 9.17) is 99.5 Å². The summed E-state index contributed by atoms with van der Waals surface area (Å²) in [6.45, 7) is 7.22. The molecule has 4 saturated heterocycles. The number of ether oxygens (including phenoxy) is 21. The normalized spacial score (nSPS) is 29.4. The lowest BCUT2D eigenvalue weighted by Gasteiger charge is -2.52. The largest absolute Gasteiger partial charge is 0.497 e. The van der Waals surface area contributed by atoms with E-state index in [0.717, 1.165) is 76.2 Å². The van der Waals surface area contributed by atoms with Crippen LogP contribution in [0.2, 0.25) is 0 Å². The molecule has 5 heterocycles. The molecule has 3 aromatic rings. The van der Waals surface area contributed by atoms with Crippen molar-refractivity contribution in [3.63, 3.8) is 0 Å². The monoisotopic (exact) mass is 1450 g/mol. The maximum absolute atomic E-state index is 14.9. The van der Waals surface area contributed by atoms with Crippen LogP contribution in [0.5, 0.6) is 11.5 Å². The van der Waals surface area contributed by atoms with Crippen molar-refractivity contribution in [2.45, 2.75) is 206 Å². The van der Waals surface area contributed by atoms with Crippen molar-refractivity contribution in [3.8, 4) is 11.5 Å². The van der Waals surface area contributed by atoms with Crippen LogP contribution in [0.25, 0.3) is 0 Å². The topological polar surface area (TPSA) is 419 Å². The number of nitrogens with zero attached hydrogens (tertiary/aromatic N) is 1. The number of rotatable bonds is 28. The molecule has 0 aliphatic carbocycles. The molecule has 0 spiro atoms. The third-order valence-corrected chi connectivity index (χ3v) is 15.9. The first-order valence-electron chi connectivity index (χ1n) is 32.2. The number of hydrogen-bond donors (Lipinski definition) is 0. The zero-order chi connectivity index (χ0) is 75.1. The maximum Gasteiger partial charge on any atom is 0.303 e. The van der Waals surface area contributed by atoms with E-state index in [0.29, 0.717) is 16.2 Å². The quantitative estimate of drug-likeness (QED) is 0.0571. The van der Waals surface area contributed by atoms with E-state index in [9.17, 15) is 62.3 Å². The van der Waals surface area contributed by atoms with Gasteiger partial charge in [0.05, 0.1) is 31.5 Å². The zero-order valence-electron chi connectivity index (χ0n) is 57.9. The molecule has 560 valence electrons. The van der Waals surface area contributed by atoms with Gasteiger partial charge in [0.25, 0.3) is 11.8 Å². The van der Waals surface area contributed by atoms with Crippen molar-refractivity contribution >= 4 is 77.5 Å². The molecule has 5 aliphatic heterocycles. The summed E-state index contributed by atoms with van der Waals surface area (Å²) in [6, 6.07) is 18.2. The van der Waals surface area contributed by atoms with Gasteiger partial charge in [-0.1, -0.05) is 42.5 Å². The summed E-state index contributed by atoms with van der Waals surface area (Å²) >= 11 is 0. The van der Waals surface area contributed by atoms with Gasteiger partial charge in [0.1, 0.15) is 80.1 Å². The Morgan fingerprint density at radius 1 is 0.340 bits per heavy atom. The Kier molecular flexibility index (Phi) is 27.5. The van der Waals surface area contributed by atoms with Gasteiger partial charge in [-0.3, -0.25) is 67.2 Å². The number of benzene rings is 3. The number of fused-ring (bicyclic) bond motifs is 1. The number of amides is 2. The molecular formula is C68H79NO34. The van der Waals surface area contributed by atoms with E-state index in [1.165, 1.54) is 55.6 Å². The summed E-state index contributed by atoms with van der Waals surface area (Å²) < 4.78 is 129. The lowest BCUT2D eigenvalue weighted by atomic mass is 9.93. The van der Waals surface area contributed by atoms with Crippen LogP contribution in [0.1, 0.15) is 102 Å². The third-order valence-electron chi connectivity index (χ3n) is 15.9. The predicted octanol–water partition coefficient (Wildman–Crippen LogP) is 2.15. The fourth-order valence-corrected chi connectivity index (χ4v) is 12.0. The number of hydrogen-bond acceptors (Lipinski definition) is 34. The highest BCUT2D eigenvalue weighted by Crippen LogP contribution is 2.42. The number of methoxy groups -OCH3 is 1. The van der Waals surface area contributed by atoms with Crippen LogP contribution in [-0.4, -0.2) is 239 Å². The summed E-state index contributed by atoms with van der Waals surface area (Å²) in [5.41, 5.74) is 0.338. The molecule has 0 radical (unpaired) electrons. The van der Waals surface area contributed by atoms with E-state index in [1.807, 2.05) is 0 Å². The lowest BCUT2D eigenvalue weighted by molar-refractivity contribution is -0.397. The average molecular weight is 1450 g/mol. The van der Waals surface area contributed by atoms with Gasteiger partial charge in [0.15, 0.2) is 67.7 Å². The van der Waals surface area contributed by atoms with E-state index in [1.54, 1.807) is 30.3 Å². The molecule has 2 amide bonds. The molecule has 0 bridgehead atoms. The Balaban J connectivity index is 1.39. The molecular weight excluding hydrogens is 1370 g/mol. The second kappa shape index (κ2) is 35.9. The molecule has 5 aliphatic rings. The van der Waals surface area contributed by atoms with E-state index in [2.05, 4.69) is 0 Å². The number of esters is 11. The van der Waals surface area contributed by atoms with E-state index in [-0.39, 0.29) is 23.5 Å². The molecule has 35 nitrogen and oxygen atoms in total. The van der Waals surface area contributed by atoms with Crippen molar-refractivity contribution in [2.75, 3.05) is 33.5 Å². The van der Waals surface area contributed by atoms with Crippen LogP contribution >= 0.6 is 0 Å². The van der Waals surface area contributed by atoms with Crippen molar-refractivity contribution in [1.82, 2.24) is 4.90 Å². The molecule has 0 saturated carbocycles. The smallest absolute Gasteiger partial charge is 0.303 e. The Hall–Kier alpha value is -9.75. The Labute approximate surface area is 588 Å². The minimum atomic E-state index is -2.30. The first-order valence-corrected chi connectivity index (χ1v) is 32.2. The summed E-state index contributed by atoms with van der Waals surface area (Å²) in [5, 5.41) is 0. The van der Waals surface area contributed by atoms with Gasteiger partial charge in [0, 0.05) is 76.2 Å². The predicted molar refractivity (Wildman–Crippen MR) is 334 cm³/mol. The average Bonchev–Trinajstić information content (AvgIpc) is 1.71. The molecule has 3 aromatic carbocycles. The fraction of sp³-hybridized carbons (Fsp3) is 0.544. The molecule has 4 fully saturated rings. The van der Waals surface area contributed by atoms with Gasteiger partial charge in [-0.2, -0.15) is 0 Å². The van der Waals surface area contributed by atoms with Crippen molar-refractivity contribution in [2.24, 2.45) is 0 Å². The Bertz CT molecular complexity index is 3530. The first kappa shape index (κ1) is 79.0. The van der Waals surface area contributed by atoms with Gasteiger partial charge in [-0.25, -0.2) is 0 Å². The highest BCUT2D eigenvalue weighted by atomic mass is 16.8. The number of carbonyl (C=O) groups excluding carboxylic acids is 13. The highest BCUT2D eigenvalue weighted by molar-refractivity contribution is 6.21. The van der Waals surface area contributed by atoms with Crippen molar-refractivity contribution < 1.29 is 162 Å². The van der Waals surface area contributed by atoms with Crippen LogP contribution in [0.3, 0.4) is 0 Å². The van der Waals surface area contributed by atoms with E-state index >= 15 is 0 Å². The van der Waals surface area contributed by atoms with Gasteiger partial charge < -0.3 is 99.5 Å². The van der Waals surface area contributed by atoms with Gasteiger partial charge in [0.2, 0.25) is 6.29 Å². The highest BCUT2D eigenvalue weighted by Gasteiger charge is 2.63. The minimum Gasteiger partial charge on any atom is -0.497 e. The SMILES string of the molecule is COc1ccc(OC2OC(COC(C)=O)C(OC3OC(COCc4ccccc4)C(OC4OC(COC(C)=O)C(OC(C)=O)C(OC(C)=O)C4OC(C)=O)C(OC4OC(COC(C)=O)C(OC(C)=O)C(OC(C)=O)C4OC(C)=O)C3OC(C)=O)C(OC(C)=O)C2N2C(=O)c3ccccc3C2=O)cc1. The fourth-order valence-electron chi connectivity index (χ4n) is 12.0. The summed E-state index contributed by atoms with van der Waals surface area (Å²) in [7, 11) is 1.41.